The first-order chi connectivity index (χ1) is 38.7. The summed E-state index contributed by atoms with van der Waals surface area (Å²) in [6.07, 6.45) is 10.6. The number of hydrogen-bond acceptors (Lipinski definition) is 17. The molecule has 20 nitrogen and oxygen atoms in total. The number of piperidine rings is 1. The number of aromatic nitrogens is 4. The number of methoxy groups -OCH3 is 1. The first-order valence-electron chi connectivity index (χ1n) is 27.4. The largest absolute Gasteiger partial charge is 0.428 e. The highest BCUT2D eigenvalue weighted by Gasteiger charge is 2.32. The van der Waals surface area contributed by atoms with Gasteiger partial charge in [0.1, 0.15) is 5.02 Å². The van der Waals surface area contributed by atoms with Crippen LogP contribution in [0.5, 0.6) is 0 Å². The van der Waals surface area contributed by atoms with Crippen molar-refractivity contribution >= 4 is 89.3 Å². The van der Waals surface area contributed by atoms with Crippen molar-refractivity contribution in [1.29, 1.82) is 0 Å². The molecule has 0 saturated carbocycles. The zero-order chi connectivity index (χ0) is 57.9. The summed E-state index contributed by atoms with van der Waals surface area (Å²) in [6, 6.07) is 23.2. The van der Waals surface area contributed by atoms with Crippen LogP contribution in [0.4, 0.5) is 34.5 Å². The van der Waals surface area contributed by atoms with E-state index in [2.05, 4.69) is 52.9 Å². The van der Waals surface area contributed by atoms with Gasteiger partial charge < -0.3 is 35.1 Å². The van der Waals surface area contributed by atoms with Crippen molar-refractivity contribution in [3.63, 3.8) is 0 Å². The molecule has 2 saturated heterocycles. The van der Waals surface area contributed by atoms with Gasteiger partial charge in [0.2, 0.25) is 28.7 Å². The second-order valence-corrected chi connectivity index (χ2v) is 26.4. The van der Waals surface area contributed by atoms with Crippen molar-refractivity contribution in [2.24, 2.45) is 5.41 Å². The van der Waals surface area contributed by atoms with Gasteiger partial charge in [0.25, 0.3) is 0 Å². The Bertz CT molecular complexity index is 3390. The number of piperazine rings is 1. The van der Waals surface area contributed by atoms with E-state index in [0.29, 0.717) is 65.2 Å². The lowest BCUT2D eigenvalue weighted by Crippen LogP contribution is -2.46. The predicted molar refractivity (Wildman–Crippen MR) is 313 cm³/mol. The Balaban J connectivity index is 0.784. The Kier molecular flexibility index (Phi) is 20.1. The summed E-state index contributed by atoms with van der Waals surface area (Å²) in [5, 5.41) is 13.3. The normalized spacial score (nSPS) is 15.0. The Morgan fingerprint density at radius 1 is 0.790 bits per heavy atom. The summed E-state index contributed by atoms with van der Waals surface area (Å²) in [7, 11) is -5.98. The molecule has 1 amide bonds. The second kappa shape index (κ2) is 26.9. The molecule has 81 heavy (non-hydrogen) atoms. The number of fused-ring (bicyclic) bond motifs is 1. The molecule has 0 spiro atoms. The highest BCUT2D eigenvalue weighted by molar-refractivity contribution is 7.92. The average molecular weight is 1170 g/mol. The Morgan fingerprint density at radius 2 is 1.49 bits per heavy atom. The van der Waals surface area contributed by atoms with Gasteiger partial charge >= 0.3 is 11.9 Å². The van der Waals surface area contributed by atoms with Gasteiger partial charge in [0.05, 0.1) is 56.6 Å². The molecule has 0 aliphatic carbocycles. The van der Waals surface area contributed by atoms with Crippen LogP contribution >= 0.6 is 11.6 Å². The van der Waals surface area contributed by atoms with E-state index in [1.807, 2.05) is 12.1 Å². The van der Waals surface area contributed by atoms with E-state index in [-0.39, 0.29) is 52.2 Å². The highest BCUT2D eigenvalue weighted by Crippen LogP contribution is 2.36. The lowest BCUT2D eigenvalue weighted by molar-refractivity contribution is -0.172. The molecule has 3 aromatic carbocycles. The summed E-state index contributed by atoms with van der Waals surface area (Å²) in [4.78, 5) is 52.2. The minimum atomic E-state index is -4.04. The number of nitrogens with one attached hydrogen (secondary N) is 3. The number of pyridine rings is 1. The molecule has 3 N–H and O–H groups in total. The number of sulfonamides is 1. The number of anilines is 6. The number of unbranched alkanes of at least 4 members (excludes halogenated alkanes) is 4. The monoisotopic (exact) mass is 1170 g/mol. The molecule has 434 valence electrons. The second-order valence-electron chi connectivity index (χ2n) is 21.6. The first-order valence-corrected chi connectivity index (χ1v) is 30.8. The third-order valence-electron chi connectivity index (χ3n) is 14.4. The number of amides is 1. The zero-order valence-electron chi connectivity index (χ0n) is 46.8. The van der Waals surface area contributed by atoms with Gasteiger partial charge in [0.15, 0.2) is 15.7 Å². The molecule has 0 bridgehead atoms. The molecule has 0 unspecified atom stereocenters. The number of rotatable bonds is 24. The zero-order valence-corrected chi connectivity index (χ0v) is 49.2. The topological polar surface area (TPSA) is 236 Å². The molecule has 23 heteroatoms. The minimum absolute atomic E-state index is 0.0366. The quantitative estimate of drug-likeness (QED) is 0.0290. The number of sulfone groups is 1. The molecule has 5 heterocycles. The fourth-order valence-electron chi connectivity index (χ4n) is 9.61. The summed E-state index contributed by atoms with van der Waals surface area (Å²) in [5.74, 6) is -0.739. The van der Waals surface area contributed by atoms with Crippen LogP contribution in [0.1, 0.15) is 91.5 Å². The highest BCUT2D eigenvalue weighted by atomic mass is 35.5. The maximum absolute atomic E-state index is 14.5. The lowest BCUT2D eigenvalue weighted by atomic mass is 9.98. The molecule has 2 aliphatic rings. The summed E-state index contributed by atoms with van der Waals surface area (Å²) in [6.45, 7) is 13.1. The van der Waals surface area contributed by atoms with Gasteiger partial charge in [-0.05, 0) is 133 Å². The number of para-hydroxylation sites is 1. The van der Waals surface area contributed by atoms with E-state index in [9.17, 15) is 31.2 Å². The van der Waals surface area contributed by atoms with E-state index in [4.69, 9.17) is 25.8 Å². The number of benzene rings is 3. The molecule has 2 fully saturated rings. The molecule has 6 aromatic rings. The number of carbonyl (C=O) groups excluding carboxylic acids is 3. The number of esters is 2. The molecule has 0 atom stereocenters. The molecule has 8 rings (SSSR count). The standard InChI is InChI=1S/C58H73ClN10O10S2/c1-40(2)80(73,74)51-15-12-11-14-49(51)64-55-48(59)38-60-57(65-55)63-43-17-20-45(21-18-43)67-32-30-66(31-33-67)26-13-9-7-8-10-16-53(70)62-44-19-22-47(52(36-44)81(75,76)68-27-24-46(77-6)25-28-68)41-23-29-69-50(34-41)42(37-61-69)35-54(71)78-39-79-56(72)58(3,4)5/h11-12,14-15,17-23,29,34,36-38,40,46H,7-10,13,16,24-28,30-33,35,39H2,1-6H3,(H,62,70)(H2,60,63,64,65). The number of ether oxygens (including phenoxy) is 3. The third-order valence-corrected chi connectivity index (χ3v) is 18.9. The molecule has 0 radical (unpaired) electrons. The number of halogens is 1. The van der Waals surface area contributed by atoms with Gasteiger partial charge in [0, 0.05) is 87.2 Å². The van der Waals surface area contributed by atoms with Crippen molar-refractivity contribution in [1.82, 2.24) is 28.8 Å². The van der Waals surface area contributed by atoms with Crippen LogP contribution in [0.3, 0.4) is 0 Å². The van der Waals surface area contributed by atoms with E-state index in [1.54, 1.807) is 101 Å². The van der Waals surface area contributed by atoms with Crippen LogP contribution in [0, 0.1) is 5.41 Å². The fraction of sp³-hybridized carbons (Fsp3) is 0.448. The van der Waals surface area contributed by atoms with Crippen LogP contribution in [-0.2, 0) is 54.9 Å². The smallest absolute Gasteiger partial charge is 0.314 e. The fourth-order valence-corrected chi connectivity index (χ4v) is 12.7. The van der Waals surface area contributed by atoms with Crippen LogP contribution in [-0.4, -0.2) is 135 Å². The van der Waals surface area contributed by atoms with E-state index in [0.717, 1.165) is 69.8 Å². The van der Waals surface area contributed by atoms with E-state index in [1.165, 1.54) is 22.8 Å². The van der Waals surface area contributed by atoms with Crippen molar-refractivity contribution in [2.45, 2.75) is 114 Å². The van der Waals surface area contributed by atoms with Gasteiger partial charge in [-0.1, -0.05) is 49.1 Å². The lowest BCUT2D eigenvalue weighted by Gasteiger charge is -2.36. The Labute approximate surface area is 479 Å². The SMILES string of the molecule is COC1CCN(S(=O)(=O)c2cc(NC(=O)CCCCCCCN3CCN(c4ccc(Nc5ncc(Cl)c(Nc6ccccc6S(=O)(=O)C(C)C)n5)cc4)CC3)ccc2-c2ccn3ncc(CC(=O)OCOC(=O)C(C)(C)C)c3c2)CC1. The van der Waals surface area contributed by atoms with E-state index >= 15 is 0 Å². The van der Waals surface area contributed by atoms with Crippen LogP contribution < -0.4 is 20.9 Å². The Hall–Kier alpha value is -6.69. The first kappa shape index (κ1) is 60.4. The van der Waals surface area contributed by atoms with Crippen molar-refractivity contribution < 1.29 is 45.4 Å². The number of nitrogens with zero attached hydrogens (tertiary/aromatic N) is 7. The van der Waals surface area contributed by atoms with Crippen molar-refractivity contribution in [2.75, 3.05) is 80.6 Å². The van der Waals surface area contributed by atoms with Gasteiger partial charge in [-0.2, -0.15) is 14.4 Å². The van der Waals surface area contributed by atoms with Crippen molar-refractivity contribution in [3.8, 4) is 11.1 Å². The summed E-state index contributed by atoms with van der Waals surface area (Å²) in [5.41, 5.74) is 4.00. The van der Waals surface area contributed by atoms with Crippen molar-refractivity contribution in [3.05, 3.63) is 108 Å². The minimum Gasteiger partial charge on any atom is -0.428 e. The van der Waals surface area contributed by atoms with Gasteiger partial charge in [-0.3, -0.25) is 19.3 Å². The van der Waals surface area contributed by atoms with Gasteiger partial charge in [-0.25, -0.2) is 26.3 Å². The molecular formula is C58H73ClN10O10S2. The molecule has 3 aromatic heterocycles. The van der Waals surface area contributed by atoms with E-state index < -0.39 is 49.3 Å². The van der Waals surface area contributed by atoms with Crippen LogP contribution in [0.25, 0.3) is 16.6 Å². The average Bonchev–Trinajstić information content (AvgIpc) is 4.07. The third kappa shape index (κ3) is 15.7. The molecule has 2 aliphatic heterocycles. The summed E-state index contributed by atoms with van der Waals surface area (Å²) < 4.78 is 73.9. The number of hydrogen-bond donors (Lipinski definition) is 3. The van der Waals surface area contributed by atoms with Crippen LogP contribution in [0.15, 0.2) is 107 Å². The Morgan fingerprint density at radius 3 is 2.21 bits per heavy atom. The van der Waals surface area contributed by atoms with Gasteiger partial charge in [-0.15, -0.1) is 0 Å². The summed E-state index contributed by atoms with van der Waals surface area (Å²) >= 11 is 6.44. The predicted octanol–water partition coefficient (Wildman–Crippen LogP) is 9.65. The maximum Gasteiger partial charge on any atom is 0.314 e. The number of carbonyl (C=O) groups is 3. The maximum atomic E-state index is 14.5. The van der Waals surface area contributed by atoms with Crippen LogP contribution in [0.2, 0.25) is 5.02 Å². The molecular weight excluding hydrogens is 1100 g/mol.